The Hall–Kier alpha value is -3.72. The molecule has 0 unspecified atom stereocenters. The summed E-state index contributed by atoms with van der Waals surface area (Å²) in [5.74, 6) is -0.118. The van der Waals surface area contributed by atoms with Crippen LogP contribution in [0.4, 0.5) is 5.69 Å². The molecule has 0 atom stereocenters. The highest BCUT2D eigenvalue weighted by atomic mass is 16.1. The zero-order valence-corrected chi connectivity index (χ0v) is 14.5. The van der Waals surface area contributed by atoms with Crippen LogP contribution in [0.3, 0.4) is 0 Å². The van der Waals surface area contributed by atoms with Crippen LogP contribution in [0.15, 0.2) is 91.1 Å². The van der Waals surface area contributed by atoms with E-state index in [1.807, 2.05) is 66.7 Å². The maximum absolute atomic E-state index is 13.0. The van der Waals surface area contributed by atoms with Gasteiger partial charge < -0.3 is 5.32 Å². The maximum Gasteiger partial charge on any atom is 0.256 e. The summed E-state index contributed by atoms with van der Waals surface area (Å²) in [4.78, 5) is 17.6. The molecule has 1 aromatic heterocycles. The number of carbonyl (C=O) groups excluding carboxylic acids is 1. The number of amides is 1. The quantitative estimate of drug-likeness (QED) is 0.410. The molecule has 0 aliphatic heterocycles. The molecule has 1 heterocycles. The third-order valence-corrected chi connectivity index (χ3v) is 4.92. The number of nitrogens with zero attached hydrogens (tertiary/aromatic N) is 1. The van der Waals surface area contributed by atoms with Crippen molar-refractivity contribution in [3.63, 3.8) is 0 Å². The van der Waals surface area contributed by atoms with Gasteiger partial charge in [-0.3, -0.25) is 9.78 Å². The van der Waals surface area contributed by atoms with Crippen molar-refractivity contribution in [3.8, 4) is 0 Å². The molecule has 128 valence electrons. The number of nitrogens with one attached hydrogen (secondary N) is 1. The molecular formula is C24H16N2O. The first-order valence-electron chi connectivity index (χ1n) is 8.87. The third-order valence-electron chi connectivity index (χ3n) is 4.92. The summed E-state index contributed by atoms with van der Waals surface area (Å²) in [6.45, 7) is 0. The fraction of sp³-hybridized carbons (Fsp3) is 0. The second-order valence-corrected chi connectivity index (χ2v) is 6.52. The average molecular weight is 348 g/mol. The van der Waals surface area contributed by atoms with Gasteiger partial charge in [-0.1, -0.05) is 72.8 Å². The minimum absolute atomic E-state index is 0.118. The molecule has 1 N–H and O–H groups in total. The minimum Gasteiger partial charge on any atom is -0.321 e. The zero-order chi connectivity index (χ0) is 18.2. The predicted octanol–water partition coefficient (Wildman–Crippen LogP) is 5.79. The minimum atomic E-state index is -0.118. The highest BCUT2D eigenvalue weighted by Crippen LogP contribution is 2.29. The number of hydrogen-bond donors (Lipinski definition) is 1. The molecule has 5 aromatic rings. The van der Waals surface area contributed by atoms with Gasteiger partial charge >= 0.3 is 0 Å². The number of fused-ring (bicyclic) bond motifs is 4. The Morgan fingerprint density at radius 1 is 0.667 bits per heavy atom. The van der Waals surface area contributed by atoms with Crippen LogP contribution >= 0.6 is 0 Å². The molecule has 3 nitrogen and oxygen atoms in total. The van der Waals surface area contributed by atoms with Crippen molar-refractivity contribution in [2.24, 2.45) is 0 Å². The van der Waals surface area contributed by atoms with Crippen molar-refractivity contribution < 1.29 is 4.79 Å². The van der Waals surface area contributed by atoms with Crippen molar-refractivity contribution in [1.82, 2.24) is 4.98 Å². The van der Waals surface area contributed by atoms with Crippen molar-refractivity contribution in [1.29, 1.82) is 0 Å². The molecule has 4 aromatic carbocycles. The Labute approximate surface area is 156 Å². The largest absolute Gasteiger partial charge is 0.321 e. The Bertz CT molecular complexity index is 1320. The van der Waals surface area contributed by atoms with E-state index in [-0.39, 0.29) is 5.91 Å². The van der Waals surface area contributed by atoms with Gasteiger partial charge in [0.25, 0.3) is 5.91 Å². The van der Waals surface area contributed by atoms with E-state index >= 15 is 0 Å². The average Bonchev–Trinajstić information content (AvgIpc) is 2.73. The van der Waals surface area contributed by atoms with Crippen LogP contribution in [-0.4, -0.2) is 10.9 Å². The highest BCUT2D eigenvalue weighted by Gasteiger charge is 2.12. The predicted molar refractivity (Wildman–Crippen MR) is 111 cm³/mol. The monoisotopic (exact) mass is 348 g/mol. The smallest absolute Gasteiger partial charge is 0.256 e. The Morgan fingerprint density at radius 3 is 2.22 bits per heavy atom. The second-order valence-electron chi connectivity index (χ2n) is 6.52. The van der Waals surface area contributed by atoms with Crippen LogP contribution in [-0.2, 0) is 0 Å². The highest BCUT2D eigenvalue weighted by molar-refractivity contribution is 6.17. The van der Waals surface area contributed by atoms with Gasteiger partial charge in [-0.25, -0.2) is 0 Å². The molecule has 0 saturated carbocycles. The van der Waals surface area contributed by atoms with E-state index < -0.39 is 0 Å². The molecule has 0 spiro atoms. The Morgan fingerprint density at radius 2 is 1.37 bits per heavy atom. The summed E-state index contributed by atoms with van der Waals surface area (Å²) < 4.78 is 0. The van der Waals surface area contributed by atoms with Crippen LogP contribution in [0.1, 0.15) is 10.4 Å². The first kappa shape index (κ1) is 15.5. The van der Waals surface area contributed by atoms with Crippen LogP contribution in [0, 0.1) is 0 Å². The lowest BCUT2D eigenvalue weighted by molar-refractivity contribution is 0.102. The number of carbonyl (C=O) groups is 1. The summed E-state index contributed by atoms with van der Waals surface area (Å²) >= 11 is 0. The SMILES string of the molecule is O=C(Nc1ccnc2c1ccc1ccccc12)c1cccc2ccccc12. The molecule has 5 rings (SSSR count). The van der Waals surface area contributed by atoms with E-state index in [1.54, 1.807) is 6.20 Å². The standard InChI is InChI=1S/C24H16N2O/c27-24(20-11-5-8-16-6-1-3-9-18(16)20)26-22-14-15-25-23-19-10-4-2-7-17(19)12-13-21(22)23/h1-15H,(H,25,26,27). The van der Waals surface area contributed by atoms with Gasteiger partial charge in [-0.15, -0.1) is 0 Å². The molecular weight excluding hydrogens is 332 g/mol. The summed E-state index contributed by atoms with van der Waals surface area (Å²) in [5, 5.41) is 8.23. The van der Waals surface area contributed by atoms with Crippen molar-refractivity contribution in [2.45, 2.75) is 0 Å². The summed E-state index contributed by atoms with van der Waals surface area (Å²) in [6.07, 6.45) is 1.74. The summed E-state index contributed by atoms with van der Waals surface area (Å²) in [6, 6.07) is 27.8. The molecule has 1 amide bonds. The molecule has 3 heteroatoms. The number of anilines is 1. The lowest BCUT2D eigenvalue weighted by atomic mass is 10.0. The fourth-order valence-electron chi connectivity index (χ4n) is 3.61. The molecule has 27 heavy (non-hydrogen) atoms. The topological polar surface area (TPSA) is 42.0 Å². The lowest BCUT2D eigenvalue weighted by Crippen LogP contribution is -2.12. The van der Waals surface area contributed by atoms with Crippen LogP contribution < -0.4 is 5.32 Å². The normalized spacial score (nSPS) is 11.1. The zero-order valence-electron chi connectivity index (χ0n) is 14.5. The first-order chi connectivity index (χ1) is 13.3. The van der Waals surface area contributed by atoms with Crippen molar-refractivity contribution in [2.75, 3.05) is 5.32 Å². The number of hydrogen-bond acceptors (Lipinski definition) is 2. The van der Waals surface area contributed by atoms with Gasteiger partial charge in [0.05, 0.1) is 11.2 Å². The van der Waals surface area contributed by atoms with Crippen LogP contribution in [0.25, 0.3) is 32.4 Å². The number of benzene rings is 4. The van der Waals surface area contributed by atoms with Gasteiger partial charge in [0.15, 0.2) is 0 Å². The number of pyridine rings is 1. The van der Waals surface area contributed by atoms with E-state index in [9.17, 15) is 4.79 Å². The fourth-order valence-corrected chi connectivity index (χ4v) is 3.61. The lowest BCUT2D eigenvalue weighted by Gasteiger charge is -2.11. The summed E-state index contributed by atoms with van der Waals surface area (Å²) in [5.41, 5.74) is 2.33. The first-order valence-corrected chi connectivity index (χ1v) is 8.87. The van der Waals surface area contributed by atoms with Gasteiger partial charge in [0.1, 0.15) is 0 Å². The third kappa shape index (κ3) is 2.61. The van der Waals surface area contributed by atoms with E-state index in [0.29, 0.717) is 5.56 Å². The molecule has 0 saturated heterocycles. The Balaban J connectivity index is 1.62. The van der Waals surface area contributed by atoms with Crippen LogP contribution in [0.5, 0.6) is 0 Å². The molecule has 0 aliphatic carbocycles. The van der Waals surface area contributed by atoms with Gasteiger partial charge in [-0.05, 0) is 28.3 Å². The summed E-state index contributed by atoms with van der Waals surface area (Å²) in [7, 11) is 0. The number of rotatable bonds is 2. The van der Waals surface area contributed by atoms with Crippen LogP contribution in [0.2, 0.25) is 0 Å². The van der Waals surface area contributed by atoms with E-state index in [4.69, 9.17) is 0 Å². The van der Waals surface area contributed by atoms with Crippen molar-refractivity contribution >= 4 is 44.0 Å². The Kier molecular flexibility index (Phi) is 3.58. The van der Waals surface area contributed by atoms with E-state index in [0.717, 1.165) is 38.1 Å². The molecule has 0 radical (unpaired) electrons. The van der Waals surface area contributed by atoms with E-state index in [1.165, 1.54) is 0 Å². The van der Waals surface area contributed by atoms with Gasteiger partial charge in [0, 0.05) is 22.5 Å². The molecule has 0 bridgehead atoms. The van der Waals surface area contributed by atoms with Crippen molar-refractivity contribution in [3.05, 3.63) is 96.7 Å². The second kappa shape index (κ2) is 6.22. The van der Waals surface area contributed by atoms with Gasteiger partial charge in [0.2, 0.25) is 0 Å². The molecule has 0 fully saturated rings. The maximum atomic E-state index is 13.0. The molecule has 0 aliphatic rings. The number of aromatic nitrogens is 1. The van der Waals surface area contributed by atoms with Gasteiger partial charge in [-0.2, -0.15) is 0 Å². The van der Waals surface area contributed by atoms with E-state index in [2.05, 4.69) is 28.5 Å².